The van der Waals surface area contributed by atoms with Crippen LogP contribution in [0.5, 0.6) is 5.75 Å². The number of nitrogens with one attached hydrogen (secondary N) is 1. The zero-order chi connectivity index (χ0) is 16.2. The molecule has 1 atom stereocenters. The zero-order valence-electron chi connectivity index (χ0n) is 12.6. The summed E-state index contributed by atoms with van der Waals surface area (Å²) in [6.07, 6.45) is -0.666. The summed E-state index contributed by atoms with van der Waals surface area (Å²) in [5, 5.41) is 4.86. The Morgan fingerprint density at radius 2 is 1.70 bits per heavy atom. The van der Waals surface area contributed by atoms with Crippen molar-refractivity contribution < 1.29 is 13.9 Å². The first-order valence-corrected chi connectivity index (χ1v) is 7.34. The van der Waals surface area contributed by atoms with Crippen molar-refractivity contribution in [2.45, 2.75) is 13.0 Å². The summed E-state index contributed by atoms with van der Waals surface area (Å²) < 4.78 is 18.6. The predicted molar refractivity (Wildman–Crippen MR) is 89.1 cm³/mol. The molecule has 0 unspecified atom stereocenters. The molecule has 0 saturated heterocycles. The normalized spacial score (nSPS) is 11.9. The number of hydrogen-bond donors (Lipinski definition) is 1. The molecule has 3 rings (SSSR count). The number of rotatable bonds is 4. The van der Waals surface area contributed by atoms with E-state index in [-0.39, 0.29) is 11.7 Å². The van der Waals surface area contributed by atoms with Crippen LogP contribution < -0.4 is 10.1 Å². The van der Waals surface area contributed by atoms with Gasteiger partial charge in [0.15, 0.2) is 6.10 Å². The molecule has 0 aliphatic carbocycles. The number of carbonyl (C=O) groups is 1. The van der Waals surface area contributed by atoms with Crippen LogP contribution in [0, 0.1) is 5.82 Å². The van der Waals surface area contributed by atoms with Crippen LogP contribution in [0.25, 0.3) is 10.8 Å². The molecule has 1 N–H and O–H groups in total. The van der Waals surface area contributed by atoms with Crippen LogP contribution in [0.4, 0.5) is 10.1 Å². The van der Waals surface area contributed by atoms with Gasteiger partial charge < -0.3 is 10.1 Å². The Morgan fingerprint density at radius 1 is 1.00 bits per heavy atom. The molecule has 3 nitrogen and oxygen atoms in total. The molecule has 0 fully saturated rings. The number of amides is 1. The molecular weight excluding hydrogens is 293 g/mol. The topological polar surface area (TPSA) is 38.3 Å². The van der Waals surface area contributed by atoms with Crippen molar-refractivity contribution in [1.29, 1.82) is 0 Å². The number of benzene rings is 3. The lowest BCUT2D eigenvalue weighted by Gasteiger charge is -2.15. The van der Waals surface area contributed by atoms with Crippen LogP contribution in [-0.2, 0) is 4.79 Å². The Balaban J connectivity index is 1.68. The lowest BCUT2D eigenvalue weighted by Crippen LogP contribution is -2.30. The molecule has 0 radical (unpaired) electrons. The zero-order valence-corrected chi connectivity index (χ0v) is 12.6. The quantitative estimate of drug-likeness (QED) is 0.776. The molecular formula is C19H16FNO2. The lowest BCUT2D eigenvalue weighted by molar-refractivity contribution is -0.122. The first-order valence-electron chi connectivity index (χ1n) is 7.34. The summed E-state index contributed by atoms with van der Waals surface area (Å²) >= 11 is 0. The van der Waals surface area contributed by atoms with Gasteiger partial charge in [-0.25, -0.2) is 4.39 Å². The SMILES string of the molecule is C[C@H](Oc1ccc2ccccc2c1)C(=O)Nc1ccc(F)cc1. The van der Waals surface area contributed by atoms with E-state index >= 15 is 0 Å². The second-order valence-corrected chi connectivity index (χ2v) is 5.27. The molecule has 0 spiro atoms. The fraction of sp³-hybridized carbons (Fsp3) is 0.105. The van der Waals surface area contributed by atoms with Gasteiger partial charge in [-0.3, -0.25) is 4.79 Å². The van der Waals surface area contributed by atoms with E-state index in [2.05, 4.69) is 5.32 Å². The van der Waals surface area contributed by atoms with Crippen molar-refractivity contribution in [2.24, 2.45) is 0 Å². The number of carbonyl (C=O) groups excluding carboxylic acids is 1. The molecule has 0 aromatic heterocycles. The number of hydrogen-bond acceptors (Lipinski definition) is 2. The van der Waals surface area contributed by atoms with Crippen LogP contribution in [0.1, 0.15) is 6.92 Å². The summed E-state index contributed by atoms with van der Waals surface area (Å²) in [5.41, 5.74) is 0.533. The number of ether oxygens (including phenoxy) is 1. The van der Waals surface area contributed by atoms with Crippen molar-refractivity contribution in [1.82, 2.24) is 0 Å². The molecule has 23 heavy (non-hydrogen) atoms. The van der Waals surface area contributed by atoms with Gasteiger partial charge in [0.2, 0.25) is 0 Å². The van der Waals surface area contributed by atoms with Gasteiger partial charge in [0.05, 0.1) is 0 Å². The van der Waals surface area contributed by atoms with E-state index in [0.717, 1.165) is 10.8 Å². The van der Waals surface area contributed by atoms with Gasteiger partial charge in [-0.1, -0.05) is 30.3 Å². The van der Waals surface area contributed by atoms with Crippen LogP contribution in [-0.4, -0.2) is 12.0 Å². The average Bonchev–Trinajstić information content (AvgIpc) is 2.56. The Labute approximate surface area is 133 Å². The molecule has 0 aliphatic rings. The second-order valence-electron chi connectivity index (χ2n) is 5.27. The summed E-state index contributed by atoms with van der Waals surface area (Å²) in [4.78, 5) is 12.1. The minimum absolute atomic E-state index is 0.287. The van der Waals surface area contributed by atoms with E-state index in [4.69, 9.17) is 4.74 Å². The number of fused-ring (bicyclic) bond motifs is 1. The van der Waals surface area contributed by atoms with Crippen LogP contribution in [0.15, 0.2) is 66.7 Å². The van der Waals surface area contributed by atoms with Crippen molar-refractivity contribution in [3.05, 3.63) is 72.5 Å². The molecule has 0 bridgehead atoms. The van der Waals surface area contributed by atoms with Crippen molar-refractivity contribution in [2.75, 3.05) is 5.32 Å². The van der Waals surface area contributed by atoms with Crippen molar-refractivity contribution >= 4 is 22.4 Å². The third-order valence-electron chi connectivity index (χ3n) is 3.51. The van der Waals surface area contributed by atoms with Gasteiger partial charge in [0.1, 0.15) is 11.6 Å². The fourth-order valence-corrected chi connectivity index (χ4v) is 2.28. The fourth-order valence-electron chi connectivity index (χ4n) is 2.28. The average molecular weight is 309 g/mol. The van der Waals surface area contributed by atoms with Gasteiger partial charge in [-0.2, -0.15) is 0 Å². The molecule has 3 aromatic rings. The largest absolute Gasteiger partial charge is 0.481 e. The maximum Gasteiger partial charge on any atom is 0.265 e. The smallest absolute Gasteiger partial charge is 0.265 e. The van der Waals surface area contributed by atoms with Gasteiger partial charge >= 0.3 is 0 Å². The maximum atomic E-state index is 12.9. The van der Waals surface area contributed by atoms with Gasteiger partial charge in [0, 0.05) is 5.69 Å². The first kappa shape index (κ1) is 15.0. The first-order chi connectivity index (χ1) is 11.1. The van der Waals surface area contributed by atoms with Crippen LogP contribution >= 0.6 is 0 Å². The van der Waals surface area contributed by atoms with Crippen LogP contribution in [0.3, 0.4) is 0 Å². The van der Waals surface area contributed by atoms with E-state index < -0.39 is 6.10 Å². The number of anilines is 1. The molecule has 1 amide bonds. The van der Waals surface area contributed by atoms with Gasteiger partial charge in [0.25, 0.3) is 5.91 Å². The minimum atomic E-state index is -0.666. The minimum Gasteiger partial charge on any atom is -0.481 e. The van der Waals surface area contributed by atoms with Gasteiger partial charge in [-0.15, -0.1) is 0 Å². The third-order valence-corrected chi connectivity index (χ3v) is 3.51. The highest BCUT2D eigenvalue weighted by molar-refractivity contribution is 5.94. The highest BCUT2D eigenvalue weighted by Gasteiger charge is 2.15. The monoisotopic (exact) mass is 309 g/mol. The maximum absolute atomic E-state index is 12.9. The Morgan fingerprint density at radius 3 is 2.43 bits per heavy atom. The highest BCUT2D eigenvalue weighted by atomic mass is 19.1. The molecule has 116 valence electrons. The van der Waals surface area contributed by atoms with E-state index in [0.29, 0.717) is 11.4 Å². The summed E-state index contributed by atoms with van der Waals surface area (Å²) in [7, 11) is 0. The molecule has 0 heterocycles. The highest BCUT2D eigenvalue weighted by Crippen LogP contribution is 2.21. The summed E-state index contributed by atoms with van der Waals surface area (Å²) in [6, 6.07) is 19.2. The molecule has 4 heteroatoms. The van der Waals surface area contributed by atoms with E-state index in [1.54, 1.807) is 6.92 Å². The predicted octanol–water partition coefficient (Wildman–Crippen LogP) is 4.38. The van der Waals surface area contributed by atoms with Crippen molar-refractivity contribution in [3.8, 4) is 5.75 Å². The Bertz CT molecular complexity index is 830. The molecule has 3 aromatic carbocycles. The standard InChI is InChI=1S/C19H16FNO2/c1-13(19(22)21-17-9-7-16(20)8-10-17)23-18-11-6-14-4-2-3-5-15(14)12-18/h2-13H,1H3,(H,21,22)/t13-/m0/s1. The van der Waals surface area contributed by atoms with Crippen molar-refractivity contribution in [3.63, 3.8) is 0 Å². The molecule has 0 aliphatic heterocycles. The summed E-state index contributed by atoms with van der Waals surface area (Å²) in [5.74, 6) is -0.00122. The van der Waals surface area contributed by atoms with E-state index in [9.17, 15) is 9.18 Å². The molecule has 0 saturated carbocycles. The Hall–Kier alpha value is -2.88. The van der Waals surface area contributed by atoms with E-state index in [1.165, 1.54) is 24.3 Å². The van der Waals surface area contributed by atoms with Gasteiger partial charge in [-0.05, 0) is 54.1 Å². The second kappa shape index (κ2) is 6.48. The number of halogens is 1. The lowest BCUT2D eigenvalue weighted by atomic mass is 10.1. The third kappa shape index (κ3) is 3.66. The Kier molecular flexibility index (Phi) is 4.24. The van der Waals surface area contributed by atoms with Crippen LogP contribution in [0.2, 0.25) is 0 Å². The summed E-state index contributed by atoms with van der Waals surface area (Å²) in [6.45, 7) is 1.67. The van der Waals surface area contributed by atoms with E-state index in [1.807, 2.05) is 42.5 Å².